The summed E-state index contributed by atoms with van der Waals surface area (Å²) in [6.07, 6.45) is 4.92. The second-order valence-corrected chi connectivity index (χ2v) is 7.22. The Hall–Kier alpha value is -3.33. The van der Waals surface area contributed by atoms with Crippen molar-refractivity contribution in [3.05, 3.63) is 103 Å². The monoisotopic (exact) mass is 691 g/mol. The predicted octanol–water partition coefficient (Wildman–Crippen LogP) is 6.08. The molecule has 186 valence electrons. The molecule has 0 fully saturated rings. The molecule has 3 aromatic heterocycles. The van der Waals surface area contributed by atoms with E-state index < -0.39 is 23.3 Å². The summed E-state index contributed by atoms with van der Waals surface area (Å²) >= 11 is 1.47. The molecular weight excluding hydrogens is 674 g/mol. The zero-order chi connectivity index (χ0) is 26.2. The molecule has 11 heteroatoms. The Morgan fingerprint density at radius 1 is 0.750 bits per heavy atom. The Balaban J connectivity index is 0.000000198. The maximum absolute atomic E-state index is 13.9. The number of aromatic nitrogens is 5. The van der Waals surface area contributed by atoms with E-state index in [1.54, 1.807) is 72.4 Å². The molecule has 0 aliphatic carbocycles. The molecular formula is C25H17ClF4IrN5. The summed E-state index contributed by atoms with van der Waals surface area (Å²) in [5.41, 5.74) is 1.71. The van der Waals surface area contributed by atoms with Gasteiger partial charge in [-0.05, 0) is 11.8 Å². The van der Waals surface area contributed by atoms with E-state index in [0.717, 1.165) is 18.2 Å². The normalized spacial score (nSPS) is 10.2. The van der Waals surface area contributed by atoms with Crippen LogP contribution in [0.2, 0.25) is 0 Å². The first kappa shape index (κ1) is 27.3. The number of nitrogens with zero attached hydrogens (tertiary/aromatic N) is 5. The maximum atomic E-state index is 13.9. The van der Waals surface area contributed by atoms with Crippen molar-refractivity contribution in [2.75, 3.05) is 0 Å². The quantitative estimate of drug-likeness (QED) is 0.170. The first-order chi connectivity index (χ1) is 17.3. The molecule has 0 saturated heterocycles. The van der Waals surface area contributed by atoms with Gasteiger partial charge in [-0.15, -0.1) is 18.2 Å². The standard InChI is InChI=1S/C14H11F2N4.C11H6F2N.ClH.Ir/c1-19-5-3-13(17-19)9-7-10(12(16)8-11(9)15)14-4-6-20(2)18-14;12-8-4-5-9(10(13)7-8)11-3-1-2-6-14-11;;/h3-6,8H,1-2H3;1-4,6-7H;1H;/q2*-1;;+3/p-1. The van der Waals surface area contributed by atoms with Crippen LogP contribution in [-0.2, 0) is 32.0 Å². The van der Waals surface area contributed by atoms with E-state index in [4.69, 9.17) is 0 Å². The molecule has 0 aliphatic rings. The molecule has 5 aromatic rings. The molecule has 0 spiro atoms. The van der Waals surface area contributed by atoms with Crippen molar-refractivity contribution in [2.24, 2.45) is 14.1 Å². The summed E-state index contributed by atoms with van der Waals surface area (Å²) in [6, 6.07) is 16.4. The van der Waals surface area contributed by atoms with Crippen molar-refractivity contribution >= 4 is 9.58 Å². The van der Waals surface area contributed by atoms with E-state index in [0.29, 0.717) is 17.1 Å². The van der Waals surface area contributed by atoms with Crippen molar-refractivity contribution in [1.82, 2.24) is 24.5 Å². The molecule has 0 radical (unpaired) electrons. The minimum absolute atomic E-state index is 0.132. The van der Waals surface area contributed by atoms with Gasteiger partial charge in [0.25, 0.3) is 0 Å². The third-order valence-electron chi connectivity index (χ3n) is 4.70. The van der Waals surface area contributed by atoms with Gasteiger partial charge in [0, 0.05) is 55.7 Å². The van der Waals surface area contributed by atoms with E-state index in [-0.39, 0.29) is 16.7 Å². The average Bonchev–Trinajstić information content (AvgIpc) is 3.49. The van der Waals surface area contributed by atoms with Gasteiger partial charge in [-0.2, -0.15) is 0 Å². The first-order valence-corrected chi connectivity index (χ1v) is 13.1. The van der Waals surface area contributed by atoms with Gasteiger partial charge in [0.2, 0.25) is 0 Å². The Kier molecular flexibility index (Phi) is 9.52. The number of pyridine rings is 1. The number of hydrogen-bond acceptors (Lipinski definition) is 3. The van der Waals surface area contributed by atoms with Gasteiger partial charge in [0.15, 0.2) is 0 Å². The summed E-state index contributed by atoms with van der Waals surface area (Å²) in [4.78, 5) is 3.95. The van der Waals surface area contributed by atoms with E-state index in [1.165, 1.54) is 17.9 Å². The Bertz CT molecular complexity index is 1380. The first-order valence-electron chi connectivity index (χ1n) is 10.1. The van der Waals surface area contributed by atoms with Crippen LogP contribution in [0.4, 0.5) is 17.6 Å². The van der Waals surface area contributed by atoms with Crippen molar-refractivity contribution < 1.29 is 35.5 Å². The van der Waals surface area contributed by atoms with Crippen molar-refractivity contribution in [2.45, 2.75) is 0 Å². The summed E-state index contributed by atoms with van der Waals surface area (Å²) in [5.74, 6) is -2.67. The van der Waals surface area contributed by atoms with E-state index in [1.807, 2.05) is 0 Å². The number of benzene rings is 2. The third-order valence-corrected chi connectivity index (χ3v) is 4.70. The molecule has 2 aromatic carbocycles. The zero-order valence-corrected chi connectivity index (χ0v) is 22.0. The summed E-state index contributed by atoms with van der Waals surface area (Å²) in [7, 11) is 8.09. The van der Waals surface area contributed by atoms with Crippen LogP contribution < -0.4 is 0 Å². The van der Waals surface area contributed by atoms with Crippen LogP contribution in [0.5, 0.6) is 0 Å². The third kappa shape index (κ3) is 6.66. The number of aryl methyl sites for hydroxylation is 2. The van der Waals surface area contributed by atoms with Crippen molar-refractivity contribution in [3.63, 3.8) is 0 Å². The van der Waals surface area contributed by atoms with E-state index in [2.05, 4.69) is 36.9 Å². The molecule has 0 saturated carbocycles. The number of hydrogen-bond donors (Lipinski definition) is 0. The van der Waals surface area contributed by atoms with Crippen LogP contribution >= 0.6 is 9.58 Å². The van der Waals surface area contributed by atoms with Gasteiger partial charge in [-0.25, -0.2) is 10.2 Å². The van der Waals surface area contributed by atoms with Gasteiger partial charge >= 0.3 is 27.5 Å². The Morgan fingerprint density at radius 3 is 1.75 bits per heavy atom. The second-order valence-electron chi connectivity index (χ2n) is 7.22. The van der Waals surface area contributed by atoms with Crippen LogP contribution in [0, 0.1) is 35.4 Å². The molecule has 36 heavy (non-hydrogen) atoms. The Morgan fingerprint density at radius 2 is 1.31 bits per heavy atom. The van der Waals surface area contributed by atoms with Crippen LogP contribution in [0.1, 0.15) is 0 Å². The molecule has 0 N–H and O–H groups in total. The zero-order valence-electron chi connectivity index (χ0n) is 18.8. The SMILES string of the molecule is Cn1ccc(-c2[c-]c(-c3ccn(C)n3)c(F)cc2F)n1.Fc1c[c-]c(-c2ccccn2)c(F)c1.[Cl][Ir+2]. The van der Waals surface area contributed by atoms with Crippen LogP contribution in [0.15, 0.2) is 67.1 Å². The minimum atomic E-state index is -0.694. The molecule has 5 nitrogen and oxygen atoms in total. The van der Waals surface area contributed by atoms with Crippen LogP contribution in [0.3, 0.4) is 0 Å². The number of halogens is 5. The molecule has 3 heterocycles. The van der Waals surface area contributed by atoms with Crippen LogP contribution in [-0.4, -0.2) is 24.5 Å². The Labute approximate surface area is 219 Å². The van der Waals surface area contributed by atoms with Gasteiger partial charge < -0.3 is 4.98 Å². The van der Waals surface area contributed by atoms with Gasteiger partial charge in [0.05, 0.1) is 11.6 Å². The van der Waals surface area contributed by atoms with E-state index in [9.17, 15) is 17.6 Å². The van der Waals surface area contributed by atoms with Gasteiger partial charge in [-0.3, -0.25) is 26.9 Å². The van der Waals surface area contributed by atoms with Gasteiger partial charge in [0.1, 0.15) is 0 Å². The molecule has 0 amide bonds. The fraction of sp³-hybridized carbons (Fsp3) is 0.0800. The molecule has 0 aliphatic heterocycles. The fourth-order valence-corrected chi connectivity index (χ4v) is 3.12. The topological polar surface area (TPSA) is 48.5 Å². The second kappa shape index (κ2) is 12.6. The van der Waals surface area contributed by atoms with Crippen LogP contribution in [0.25, 0.3) is 33.8 Å². The van der Waals surface area contributed by atoms with Crippen molar-refractivity contribution in [3.8, 4) is 33.8 Å². The molecule has 0 atom stereocenters. The average molecular weight is 691 g/mol. The fourth-order valence-electron chi connectivity index (χ4n) is 3.12. The molecule has 0 bridgehead atoms. The summed E-state index contributed by atoms with van der Waals surface area (Å²) < 4.78 is 56.7. The van der Waals surface area contributed by atoms with Crippen molar-refractivity contribution in [1.29, 1.82) is 0 Å². The number of rotatable bonds is 3. The summed E-state index contributed by atoms with van der Waals surface area (Å²) in [6.45, 7) is 0. The molecule has 5 rings (SSSR count). The molecule has 0 unspecified atom stereocenters. The van der Waals surface area contributed by atoms with Gasteiger partial charge in [-0.1, -0.05) is 53.1 Å². The van der Waals surface area contributed by atoms with E-state index >= 15 is 0 Å². The predicted molar refractivity (Wildman–Crippen MR) is 124 cm³/mol. The summed E-state index contributed by atoms with van der Waals surface area (Å²) in [5, 5.41) is 8.22.